The Morgan fingerprint density at radius 1 is 1.32 bits per heavy atom. The number of carbonyl (C=O) groups is 1. The van der Waals surface area contributed by atoms with Crippen molar-refractivity contribution >= 4 is 28.9 Å². The van der Waals surface area contributed by atoms with Gasteiger partial charge in [0, 0.05) is 24.1 Å². The number of carbonyl (C=O) groups excluding carboxylic acids is 1. The first-order valence-electron chi connectivity index (χ1n) is 8.93. The lowest BCUT2D eigenvalue weighted by Gasteiger charge is -2.17. The van der Waals surface area contributed by atoms with Crippen LogP contribution in [0.5, 0.6) is 0 Å². The molecule has 3 heterocycles. The van der Waals surface area contributed by atoms with Gasteiger partial charge in [-0.15, -0.1) is 21.5 Å². The number of aromatic nitrogens is 4. The summed E-state index contributed by atoms with van der Waals surface area (Å²) in [6.45, 7) is 10.5. The summed E-state index contributed by atoms with van der Waals surface area (Å²) in [5, 5.41) is 9.49. The van der Waals surface area contributed by atoms with Crippen LogP contribution in [0, 0.1) is 27.7 Å². The van der Waals surface area contributed by atoms with Gasteiger partial charge in [-0.25, -0.2) is 4.98 Å². The monoisotopic (exact) mass is 420 g/mol. The third-order valence-electron chi connectivity index (χ3n) is 4.46. The smallest absolute Gasteiger partial charge is 0.277 e. The number of methoxy groups -OCH3 is 1. The second-order valence-electron chi connectivity index (χ2n) is 6.69. The van der Waals surface area contributed by atoms with E-state index in [0.29, 0.717) is 17.7 Å². The van der Waals surface area contributed by atoms with Crippen LogP contribution in [0.25, 0.3) is 10.8 Å². The Morgan fingerprint density at radius 2 is 2.07 bits per heavy atom. The number of ether oxygens (including phenoxy) is 1. The van der Waals surface area contributed by atoms with Crippen molar-refractivity contribution in [1.82, 2.24) is 19.7 Å². The number of rotatable bonds is 8. The van der Waals surface area contributed by atoms with E-state index in [9.17, 15) is 4.79 Å². The highest BCUT2D eigenvalue weighted by molar-refractivity contribution is 7.99. The number of nitrogens with zero attached hydrogens (tertiary/aromatic N) is 4. The van der Waals surface area contributed by atoms with Gasteiger partial charge in [-0.1, -0.05) is 11.8 Å². The molecule has 3 aromatic rings. The molecule has 0 unspecified atom stereocenters. The highest BCUT2D eigenvalue weighted by Crippen LogP contribution is 2.31. The Bertz CT molecular complexity index is 990. The lowest BCUT2D eigenvalue weighted by molar-refractivity contribution is 0.102. The third-order valence-corrected chi connectivity index (χ3v) is 6.34. The zero-order valence-electron chi connectivity index (χ0n) is 16.9. The molecule has 0 aliphatic heterocycles. The van der Waals surface area contributed by atoms with E-state index in [4.69, 9.17) is 9.15 Å². The summed E-state index contributed by atoms with van der Waals surface area (Å²) >= 11 is 2.77. The molecule has 3 rings (SSSR count). The van der Waals surface area contributed by atoms with Crippen molar-refractivity contribution in [3.8, 4) is 10.8 Å². The quantitative estimate of drug-likeness (QED) is 0.394. The van der Waals surface area contributed by atoms with Gasteiger partial charge >= 0.3 is 0 Å². The van der Waals surface area contributed by atoms with Crippen molar-refractivity contribution in [3.05, 3.63) is 33.7 Å². The van der Waals surface area contributed by atoms with Crippen molar-refractivity contribution in [3.63, 3.8) is 0 Å². The topological polar surface area (TPSA) is 83.0 Å². The SMILES string of the molecule is COC[C@H](C)n1c(C)cc(C(=O)CSc2nnc(-c3sc(C)nc3C)o2)c1C. The zero-order valence-corrected chi connectivity index (χ0v) is 18.5. The molecule has 28 heavy (non-hydrogen) atoms. The molecular weight excluding hydrogens is 396 g/mol. The van der Waals surface area contributed by atoms with Crippen molar-refractivity contribution < 1.29 is 13.9 Å². The number of hydrogen-bond acceptors (Lipinski definition) is 8. The van der Waals surface area contributed by atoms with Gasteiger partial charge in [0.25, 0.3) is 11.1 Å². The number of Topliss-reactive ketones (excluding diaryl/α,β-unsaturated/α-hetero) is 1. The predicted molar refractivity (Wildman–Crippen MR) is 110 cm³/mol. The molecule has 1 atom stereocenters. The van der Waals surface area contributed by atoms with Gasteiger partial charge in [-0.05, 0) is 40.7 Å². The lowest BCUT2D eigenvalue weighted by Crippen LogP contribution is -2.14. The van der Waals surface area contributed by atoms with Gasteiger partial charge in [0.1, 0.15) is 4.88 Å². The molecule has 9 heteroatoms. The molecule has 0 N–H and O–H groups in total. The van der Waals surface area contributed by atoms with Crippen LogP contribution < -0.4 is 0 Å². The minimum absolute atomic E-state index is 0.0403. The summed E-state index contributed by atoms with van der Waals surface area (Å²) in [6, 6.07) is 2.11. The fraction of sp³-hybridized carbons (Fsp3) is 0.474. The van der Waals surface area contributed by atoms with E-state index in [1.807, 2.05) is 33.8 Å². The first-order chi connectivity index (χ1) is 13.3. The number of thioether (sulfide) groups is 1. The van der Waals surface area contributed by atoms with Gasteiger partial charge in [-0.3, -0.25) is 4.79 Å². The number of aryl methyl sites for hydroxylation is 3. The molecule has 3 aromatic heterocycles. The molecule has 0 spiro atoms. The molecule has 7 nitrogen and oxygen atoms in total. The van der Waals surface area contributed by atoms with Gasteiger partial charge in [0.05, 0.1) is 29.1 Å². The van der Waals surface area contributed by atoms with E-state index in [1.165, 1.54) is 23.1 Å². The maximum Gasteiger partial charge on any atom is 0.277 e. The van der Waals surface area contributed by atoms with Crippen LogP contribution in [0.4, 0.5) is 0 Å². The van der Waals surface area contributed by atoms with Crippen LogP contribution in [0.15, 0.2) is 15.7 Å². The Hall–Kier alpha value is -1.97. The van der Waals surface area contributed by atoms with E-state index in [0.717, 1.165) is 32.5 Å². The molecule has 150 valence electrons. The molecule has 0 aliphatic rings. The van der Waals surface area contributed by atoms with Gasteiger partial charge < -0.3 is 13.7 Å². The van der Waals surface area contributed by atoms with Crippen LogP contribution in [0.1, 0.15) is 45.4 Å². The first kappa shape index (κ1) is 20.8. The first-order valence-corrected chi connectivity index (χ1v) is 10.7. The highest BCUT2D eigenvalue weighted by Gasteiger charge is 2.20. The molecule has 0 aromatic carbocycles. The lowest BCUT2D eigenvalue weighted by atomic mass is 10.2. The normalized spacial score (nSPS) is 12.5. The summed E-state index contributed by atoms with van der Waals surface area (Å²) < 4.78 is 13.1. The second-order valence-corrected chi connectivity index (χ2v) is 8.82. The van der Waals surface area contributed by atoms with E-state index in [2.05, 4.69) is 26.7 Å². The fourth-order valence-electron chi connectivity index (χ4n) is 3.35. The maximum atomic E-state index is 12.8. The Labute approximate surface area is 172 Å². The molecule has 0 amide bonds. The summed E-state index contributed by atoms with van der Waals surface area (Å²) in [7, 11) is 1.68. The van der Waals surface area contributed by atoms with Crippen molar-refractivity contribution in [2.45, 2.75) is 45.9 Å². The van der Waals surface area contributed by atoms with Gasteiger partial charge in [0.2, 0.25) is 0 Å². The van der Waals surface area contributed by atoms with Crippen LogP contribution in [-0.4, -0.2) is 45.0 Å². The molecular formula is C19H24N4O3S2. The number of thiazole rings is 1. The predicted octanol–water partition coefficient (Wildman–Crippen LogP) is 4.41. The van der Waals surface area contributed by atoms with E-state index in [1.54, 1.807) is 7.11 Å². The van der Waals surface area contributed by atoms with E-state index in [-0.39, 0.29) is 17.6 Å². The Morgan fingerprint density at radius 3 is 2.71 bits per heavy atom. The van der Waals surface area contributed by atoms with Crippen molar-refractivity contribution in [1.29, 1.82) is 0 Å². The maximum absolute atomic E-state index is 12.8. The molecule has 0 bridgehead atoms. The minimum atomic E-state index is 0.0403. The van der Waals surface area contributed by atoms with Crippen LogP contribution in [0.2, 0.25) is 0 Å². The Balaban J connectivity index is 1.70. The summed E-state index contributed by atoms with van der Waals surface area (Å²) in [4.78, 5) is 18.0. The molecule has 0 saturated heterocycles. The number of hydrogen-bond donors (Lipinski definition) is 0. The average Bonchev–Trinajstić information content (AvgIpc) is 3.30. The molecule has 0 saturated carbocycles. The molecule has 0 aliphatic carbocycles. The second kappa shape index (κ2) is 8.59. The minimum Gasteiger partial charge on any atom is -0.410 e. The van der Waals surface area contributed by atoms with E-state index >= 15 is 0 Å². The third kappa shape index (κ3) is 4.21. The highest BCUT2D eigenvalue weighted by atomic mass is 32.2. The summed E-state index contributed by atoms with van der Waals surface area (Å²) in [6.07, 6.45) is 0. The van der Waals surface area contributed by atoms with Crippen molar-refractivity contribution in [2.75, 3.05) is 19.5 Å². The van der Waals surface area contributed by atoms with Crippen LogP contribution in [-0.2, 0) is 4.74 Å². The summed E-state index contributed by atoms with van der Waals surface area (Å²) in [5.41, 5.74) is 3.60. The van der Waals surface area contributed by atoms with Crippen molar-refractivity contribution in [2.24, 2.45) is 0 Å². The summed E-state index contributed by atoms with van der Waals surface area (Å²) in [5.74, 6) is 0.730. The van der Waals surface area contributed by atoms with Gasteiger partial charge in [-0.2, -0.15) is 0 Å². The van der Waals surface area contributed by atoms with Crippen LogP contribution >= 0.6 is 23.1 Å². The fourth-order valence-corrected chi connectivity index (χ4v) is 4.84. The molecule has 0 fully saturated rings. The largest absolute Gasteiger partial charge is 0.410 e. The average molecular weight is 421 g/mol. The van der Waals surface area contributed by atoms with E-state index < -0.39 is 0 Å². The number of ketones is 1. The standard InChI is InChI=1S/C19H24N4O3S2/c1-10-7-15(13(4)23(10)11(2)8-25-6)16(24)9-27-19-22-21-18(26-19)17-12(3)20-14(5)28-17/h7,11H,8-9H2,1-6H3/t11-/m0/s1. The Kier molecular flexibility index (Phi) is 6.36. The molecule has 0 radical (unpaired) electrons. The van der Waals surface area contributed by atoms with Gasteiger partial charge in [0.15, 0.2) is 5.78 Å². The van der Waals surface area contributed by atoms with Crippen LogP contribution in [0.3, 0.4) is 0 Å². The zero-order chi connectivity index (χ0) is 20.4.